The van der Waals surface area contributed by atoms with Crippen molar-refractivity contribution in [2.45, 2.75) is 45.1 Å². The van der Waals surface area contributed by atoms with Gasteiger partial charge < -0.3 is 5.73 Å². The zero-order valence-corrected chi connectivity index (χ0v) is 8.13. The van der Waals surface area contributed by atoms with Crippen molar-refractivity contribution in [1.82, 2.24) is 0 Å². The molecule has 0 radical (unpaired) electrons. The summed E-state index contributed by atoms with van der Waals surface area (Å²) in [5.74, 6) is 1.57. The Morgan fingerprint density at radius 3 is 2.75 bits per heavy atom. The van der Waals surface area contributed by atoms with Crippen LogP contribution in [0.5, 0.6) is 0 Å². The molecule has 1 rings (SSSR count). The lowest BCUT2D eigenvalue weighted by molar-refractivity contribution is 0.218. The fourth-order valence-electron chi connectivity index (χ4n) is 2.35. The minimum absolute atomic E-state index is 0.359. The van der Waals surface area contributed by atoms with Crippen LogP contribution in [0.3, 0.4) is 0 Å². The highest BCUT2D eigenvalue weighted by atomic mass is 14.7. The van der Waals surface area contributed by atoms with Gasteiger partial charge in [-0.3, -0.25) is 0 Å². The predicted molar refractivity (Wildman–Crippen MR) is 53.9 cm³/mol. The fourth-order valence-corrected chi connectivity index (χ4v) is 2.35. The Balaban J connectivity index is 2.41. The molecule has 0 bridgehead atoms. The Hall–Kier alpha value is -0.300. The van der Waals surface area contributed by atoms with Gasteiger partial charge in [0.15, 0.2) is 0 Å². The predicted octanol–water partition coefficient (Wildman–Crippen LogP) is 2.72. The quantitative estimate of drug-likeness (QED) is 0.643. The van der Waals surface area contributed by atoms with E-state index < -0.39 is 0 Å². The Kier molecular flexibility index (Phi) is 3.80. The number of nitrogens with two attached hydrogens (primary N) is 1. The van der Waals surface area contributed by atoms with E-state index in [1.807, 2.05) is 6.08 Å². The lowest BCUT2D eigenvalue weighted by Crippen LogP contribution is -2.35. The maximum Gasteiger partial charge on any atom is 0.0104 e. The molecule has 1 nitrogen and oxygen atoms in total. The SMILES string of the molecule is C=CCC(N)C1CCCCC1C. The highest BCUT2D eigenvalue weighted by Gasteiger charge is 2.25. The first-order chi connectivity index (χ1) is 5.75. The molecule has 70 valence electrons. The second-order valence-corrected chi connectivity index (χ2v) is 4.11. The van der Waals surface area contributed by atoms with Gasteiger partial charge in [-0.1, -0.05) is 32.3 Å². The van der Waals surface area contributed by atoms with Gasteiger partial charge in [-0.15, -0.1) is 6.58 Å². The molecule has 0 amide bonds. The zero-order chi connectivity index (χ0) is 8.97. The van der Waals surface area contributed by atoms with E-state index in [9.17, 15) is 0 Å². The molecule has 3 unspecified atom stereocenters. The molecule has 12 heavy (non-hydrogen) atoms. The second-order valence-electron chi connectivity index (χ2n) is 4.11. The Labute approximate surface area is 76.0 Å². The Bertz CT molecular complexity index is 142. The van der Waals surface area contributed by atoms with E-state index in [0.29, 0.717) is 6.04 Å². The average molecular weight is 167 g/mol. The minimum atomic E-state index is 0.359. The molecular formula is C11H21N. The minimum Gasteiger partial charge on any atom is -0.327 e. The van der Waals surface area contributed by atoms with Crippen molar-refractivity contribution in [3.8, 4) is 0 Å². The number of rotatable bonds is 3. The second kappa shape index (κ2) is 4.66. The van der Waals surface area contributed by atoms with Gasteiger partial charge in [-0.2, -0.15) is 0 Å². The summed E-state index contributed by atoms with van der Waals surface area (Å²) >= 11 is 0. The van der Waals surface area contributed by atoms with Crippen molar-refractivity contribution in [1.29, 1.82) is 0 Å². The Morgan fingerprint density at radius 1 is 1.50 bits per heavy atom. The van der Waals surface area contributed by atoms with Crippen molar-refractivity contribution < 1.29 is 0 Å². The molecule has 1 saturated carbocycles. The van der Waals surface area contributed by atoms with E-state index in [2.05, 4.69) is 13.5 Å². The van der Waals surface area contributed by atoms with Crippen LogP contribution in [-0.4, -0.2) is 6.04 Å². The molecule has 1 aliphatic rings. The summed E-state index contributed by atoms with van der Waals surface area (Å²) in [7, 11) is 0. The van der Waals surface area contributed by atoms with Gasteiger partial charge in [0.1, 0.15) is 0 Å². The van der Waals surface area contributed by atoms with Gasteiger partial charge >= 0.3 is 0 Å². The van der Waals surface area contributed by atoms with Gasteiger partial charge in [0, 0.05) is 6.04 Å². The number of hydrogen-bond donors (Lipinski definition) is 1. The highest BCUT2D eigenvalue weighted by Crippen LogP contribution is 2.32. The summed E-state index contributed by atoms with van der Waals surface area (Å²) in [6.45, 7) is 6.08. The van der Waals surface area contributed by atoms with E-state index in [0.717, 1.165) is 18.3 Å². The van der Waals surface area contributed by atoms with Gasteiger partial charge in [-0.05, 0) is 24.7 Å². The van der Waals surface area contributed by atoms with Gasteiger partial charge in [0.2, 0.25) is 0 Å². The third kappa shape index (κ3) is 2.34. The number of hydrogen-bond acceptors (Lipinski definition) is 1. The van der Waals surface area contributed by atoms with E-state index in [-0.39, 0.29) is 0 Å². The van der Waals surface area contributed by atoms with Gasteiger partial charge in [0.25, 0.3) is 0 Å². The van der Waals surface area contributed by atoms with Crippen LogP contribution in [0.2, 0.25) is 0 Å². The monoisotopic (exact) mass is 167 g/mol. The van der Waals surface area contributed by atoms with Crippen LogP contribution in [0.4, 0.5) is 0 Å². The molecule has 0 spiro atoms. The molecular weight excluding hydrogens is 146 g/mol. The van der Waals surface area contributed by atoms with Crippen LogP contribution < -0.4 is 5.73 Å². The molecule has 0 aliphatic heterocycles. The molecule has 0 aromatic heterocycles. The standard InChI is InChI=1S/C11H21N/c1-3-6-11(12)10-8-5-4-7-9(10)2/h3,9-11H,1,4-8,12H2,2H3. The maximum absolute atomic E-state index is 6.08. The summed E-state index contributed by atoms with van der Waals surface area (Å²) in [5.41, 5.74) is 6.08. The summed E-state index contributed by atoms with van der Waals surface area (Å²) in [6, 6.07) is 0.359. The zero-order valence-electron chi connectivity index (χ0n) is 8.13. The van der Waals surface area contributed by atoms with Crippen molar-refractivity contribution >= 4 is 0 Å². The maximum atomic E-state index is 6.08. The molecule has 1 fully saturated rings. The summed E-state index contributed by atoms with van der Waals surface area (Å²) in [6.07, 6.45) is 8.41. The van der Waals surface area contributed by atoms with Crippen LogP contribution in [0.15, 0.2) is 12.7 Å². The molecule has 0 heterocycles. The lowest BCUT2D eigenvalue weighted by Gasteiger charge is -2.32. The van der Waals surface area contributed by atoms with Gasteiger partial charge in [0.05, 0.1) is 0 Å². The van der Waals surface area contributed by atoms with Crippen molar-refractivity contribution in [3.63, 3.8) is 0 Å². The molecule has 1 heteroatoms. The lowest BCUT2D eigenvalue weighted by atomic mass is 9.76. The smallest absolute Gasteiger partial charge is 0.0104 e. The first-order valence-corrected chi connectivity index (χ1v) is 5.12. The van der Waals surface area contributed by atoms with Crippen LogP contribution in [-0.2, 0) is 0 Å². The van der Waals surface area contributed by atoms with Crippen LogP contribution >= 0.6 is 0 Å². The highest BCUT2D eigenvalue weighted by molar-refractivity contribution is 4.85. The van der Waals surface area contributed by atoms with Gasteiger partial charge in [-0.25, -0.2) is 0 Å². The van der Waals surface area contributed by atoms with Crippen molar-refractivity contribution in [2.24, 2.45) is 17.6 Å². The molecule has 0 aromatic carbocycles. The largest absolute Gasteiger partial charge is 0.327 e. The molecule has 0 aromatic rings. The van der Waals surface area contributed by atoms with Crippen molar-refractivity contribution in [3.05, 3.63) is 12.7 Å². The van der Waals surface area contributed by atoms with E-state index >= 15 is 0 Å². The summed E-state index contributed by atoms with van der Waals surface area (Å²) < 4.78 is 0. The van der Waals surface area contributed by atoms with Crippen molar-refractivity contribution in [2.75, 3.05) is 0 Å². The Morgan fingerprint density at radius 2 is 2.17 bits per heavy atom. The first kappa shape index (κ1) is 9.79. The van der Waals surface area contributed by atoms with E-state index in [1.165, 1.54) is 25.7 Å². The van der Waals surface area contributed by atoms with E-state index in [4.69, 9.17) is 5.73 Å². The molecule has 2 N–H and O–H groups in total. The normalized spacial score (nSPS) is 32.8. The third-order valence-corrected chi connectivity index (χ3v) is 3.17. The van der Waals surface area contributed by atoms with Crippen LogP contribution in [0.1, 0.15) is 39.0 Å². The molecule has 1 aliphatic carbocycles. The molecule has 3 atom stereocenters. The fraction of sp³-hybridized carbons (Fsp3) is 0.818. The summed E-state index contributed by atoms with van der Waals surface area (Å²) in [5, 5.41) is 0. The first-order valence-electron chi connectivity index (χ1n) is 5.12. The molecule has 0 saturated heterocycles. The average Bonchev–Trinajstić information content (AvgIpc) is 2.05. The topological polar surface area (TPSA) is 26.0 Å². The van der Waals surface area contributed by atoms with Crippen LogP contribution in [0, 0.1) is 11.8 Å². The van der Waals surface area contributed by atoms with E-state index in [1.54, 1.807) is 0 Å². The van der Waals surface area contributed by atoms with Crippen LogP contribution in [0.25, 0.3) is 0 Å². The summed E-state index contributed by atoms with van der Waals surface area (Å²) in [4.78, 5) is 0. The third-order valence-electron chi connectivity index (χ3n) is 3.17.